The smallest absolute Gasteiger partial charge is 0.251 e. The quantitative estimate of drug-likeness (QED) is 0.805. The van der Waals surface area contributed by atoms with Gasteiger partial charge in [0.15, 0.2) is 0 Å². The molecule has 0 aliphatic heterocycles. The molecule has 3 rings (SSSR count). The summed E-state index contributed by atoms with van der Waals surface area (Å²) in [5.74, 6) is -0.213. The predicted octanol–water partition coefficient (Wildman–Crippen LogP) is 2.67. The van der Waals surface area contributed by atoms with Crippen LogP contribution in [0.25, 0.3) is 5.69 Å². The Morgan fingerprint density at radius 3 is 2.78 bits per heavy atom. The van der Waals surface area contributed by atoms with E-state index in [0.29, 0.717) is 17.7 Å². The second kappa shape index (κ2) is 6.58. The summed E-state index contributed by atoms with van der Waals surface area (Å²) in [6.45, 7) is 0.377. The van der Waals surface area contributed by atoms with Crippen LogP contribution in [0, 0.1) is 11.3 Å². The van der Waals surface area contributed by atoms with Crippen LogP contribution in [0.1, 0.15) is 21.5 Å². The highest BCUT2D eigenvalue weighted by Crippen LogP contribution is 2.08. The van der Waals surface area contributed by atoms with Gasteiger partial charge in [-0.15, -0.1) is 0 Å². The molecule has 1 aromatic heterocycles. The van der Waals surface area contributed by atoms with Crippen LogP contribution in [0.2, 0.25) is 0 Å². The van der Waals surface area contributed by atoms with Crippen molar-refractivity contribution in [3.05, 3.63) is 83.7 Å². The first kappa shape index (κ1) is 14.5. The molecular weight excluding hydrogens is 288 g/mol. The van der Waals surface area contributed by atoms with Crippen LogP contribution in [0.5, 0.6) is 0 Å². The Morgan fingerprint density at radius 2 is 2.00 bits per heavy atom. The highest BCUT2D eigenvalue weighted by Gasteiger charge is 2.07. The van der Waals surface area contributed by atoms with Crippen molar-refractivity contribution < 1.29 is 4.79 Å². The van der Waals surface area contributed by atoms with E-state index in [0.717, 1.165) is 11.3 Å². The van der Waals surface area contributed by atoms with E-state index in [1.54, 1.807) is 35.1 Å². The third kappa shape index (κ3) is 3.44. The van der Waals surface area contributed by atoms with Crippen LogP contribution in [-0.4, -0.2) is 15.7 Å². The maximum Gasteiger partial charge on any atom is 0.251 e. The van der Waals surface area contributed by atoms with Gasteiger partial charge in [-0.05, 0) is 30.3 Å². The molecule has 5 nitrogen and oxygen atoms in total. The lowest BCUT2D eigenvalue weighted by Gasteiger charge is -2.04. The van der Waals surface area contributed by atoms with Crippen LogP contribution < -0.4 is 5.32 Å². The summed E-state index contributed by atoms with van der Waals surface area (Å²) in [6.07, 6.45) is 3.60. The first-order chi connectivity index (χ1) is 11.3. The number of amides is 1. The normalized spacial score (nSPS) is 10.0. The number of para-hydroxylation sites is 1. The molecule has 0 aliphatic carbocycles. The maximum absolute atomic E-state index is 12.1. The van der Waals surface area contributed by atoms with E-state index in [2.05, 4.69) is 10.4 Å². The number of rotatable bonds is 4. The minimum absolute atomic E-state index is 0.213. The summed E-state index contributed by atoms with van der Waals surface area (Å²) in [4.78, 5) is 12.1. The van der Waals surface area contributed by atoms with Crippen molar-refractivity contribution in [1.82, 2.24) is 15.1 Å². The van der Waals surface area contributed by atoms with E-state index in [4.69, 9.17) is 5.26 Å². The van der Waals surface area contributed by atoms with Crippen LogP contribution in [-0.2, 0) is 6.54 Å². The predicted molar refractivity (Wildman–Crippen MR) is 85.9 cm³/mol. The number of carbonyl (C=O) groups excluding carboxylic acids is 1. The first-order valence-corrected chi connectivity index (χ1v) is 7.13. The molecule has 3 aromatic rings. The molecule has 112 valence electrons. The molecule has 0 atom stereocenters. The Labute approximate surface area is 133 Å². The lowest BCUT2D eigenvalue weighted by Crippen LogP contribution is -2.22. The molecule has 0 saturated carbocycles. The number of hydrogen-bond donors (Lipinski definition) is 1. The highest BCUT2D eigenvalue weighted by atomic mass is 16.1. The Kier molecular flexibility index (Phi) is 4.16. The van der Waals surface area contributed by atoms with Crippen LogP contribution in [0.15, 0.2) is 67.0 Å². The highest BCUT2D eigenvalue weighted by molar-refractivity contribution is 5.94. The molecule has 0 unspecified atom stereocenters. The van der Waals surface area contributed by atoms with Gasteiger partial charge in [-0.2, -0.15) is 10.4 Å². The maximum atomic E-state index is 12.1. The summed E-state index contributed by atoms with van der Waals surface area (Å²) >= 11 is 0. The third-order valence-electron chi connectivity index (χ3n) is 3.36. The fraction of sp³-hybridized carbons (Fsp3) is 0.0556. The van der Waals surface area contributed by atoms with Crippen molar-refractivity contribution in [2.75, 3.05) is 0 Å². The summed E-state index contributed by atoms with van der Waals surface area (Å²) in [5, 5.41) is 16.0. The minimum atomic E-state index is -0.213. The molecule has 0 saturated heterocycles. The van der Waals surface area contributed by atoms with Gasteiger partial charge >= 0.3 is 0 Å². The number of hydrogen-bond acceptors (Lipinski definition) is 3. The summed E-state index contributed by atoms with van der Waals surface area (Å²) in [5.41, 5.74) is 2.81. The Morgan fingerprint density at radius 1 is 1.17 bits per heavy atom. The standard InChI is InChI=1S/C18H14N4O/c19-10-14-5-4-6-16(9-14)18(23)20-11-15-12-21-22(13-15)17-7-2-1-3-8-17/h1-9,12-13H,11H2,(H,20,23). The number of aromatic nitrogens is 2. The average Bonchev–Trinajstić information content (AvgIpc) is 3.09. The second-order valence-corrected chi connectivity index (χ2v) is 5.00. The lowest BCUT2D eigenvalue weighted by molar-refractivity contribution is 0.0951. The fourth-order valence-electron chi connectivity index (χ4n) is 2.19. The van der Waals surface area contributed by atoms with Gasteiger partial charge in [0.1, 0.15) is 0 Å². The van der Waals surface area contributed by atoms with E-state index in [1.165, 1.54) is 0 Å². The molecule has 0 bridgehead atoms. The van der Waals surface area contributed by atoms with Crippen molar-refractivity contribution in [2.45, 2.75) is 6.54 Å². The molecule has 0 fully saturated rings. The van der Waals surface area contributed by atoms with Crippen LogP contribution >= 0.6 is 0 Å². The van der Waals surface area contributed by atoms with Gasteiger partial charge in [-0.3, -0.25) is 4.79 Å². The molecule has 0 aliphatic rings. The molecule has 2 aromatic carbocycles. The van der Waals surface area contributed by atoms with Crippen LogP contribution in [0.3, 0.4) is 0 Å². The van der Waals surface area contributed by atoms with E-state index >= 15 is 0 Å². The Bertz CT molecular complexity index is 862. The van der Waals surface area contributed by atoms with Crippen LogP contribution in [0.4, 0.5) is 0 Å². The third-order valence-corrected chi connectivity index (χ3v) is 3.36. The molecule has 5 heteroatoms. The largest absolute Gasteiger partial charge is 0.348 e. The van der Waals surface area contributed by atoms with Gasteiger partial charge in [0.05, 0.1) is 23.5 Å². The summed E-state index contributed by atoms with van der Waals surface area (Å²) < 4.78 is 1.76. The zero-order valence-electron chi connectivity index (χ0n) is 12.3. The zero-order valence-corrected chi connectivity index (χ0v) is 12.3. The van der Waals surface area contributed by atoms with E-state index in [9.17, 15) is 4.79 Å². The monoisotopic (exact) mass is 302 g/mol. The lowest BCUT2D eigenvalue weighted by atomic mass is 10.1. The van der Waals surface area contributed by atoms with E-state index in [-0.39, 0.29) is 5.91 Å². The van der Waals surface area contributed by atoms with Gasteiger partial charge in [0.25, 0.3) is 5.91 Å². The molecule has 1 heterocycles. The number of nitriles is 1. The molecule has 0 radical (unpaired) electrons. The first-order valence-electron chi connectivity index (χ1n) is 7.13. The van der Waals surface area contributed by atoms with Crippen molar-refractivity contribution in [2.24, 2.45) is 0 Å². The zero-order chi connectivity index (χ0) is 16.1. The summed E-state index contributed by atoms with van der Waals surface area (Å²) in [6, 6.07) is 18.4. The summed E-state index contributed by atoms with van der Waals surface area (Å²) in [7, 11) is 0. The SMILES string of the molecule is N#Cc1cccc(C(=O)NCc2cnn(-c3ccccc3)c2)c1. The van der Waals surface area contributed by atoms with Gasteiger partial charge in [-0.25, -0.2) is 4.68 Å². The van der Waals surface area contributed by atoms with Gasteiger partial charge in [0.2, 0.25) is 0 Å². The van der Waals surface area contributed by atoms with Crippen molar-refractivity contribution in [3.63, 3.8) is 0 Å². The van der Waals surface area contributed by atoms with Gasteiger partial charge in [-0.1, -0.05) is 24.3 Å². The topological polar surface area (TPSA) is 70.7 Å². The second-order valence-electron chi connectivity index (χ2n) is 5.00. The Balaban J connectivity index is 1.66. The van der Waals surface area contributed by atoms with Crippen molar-refractivity contribution in [3.8, 4) is 11.8 Å². The molecule has 1 amide bonds. The number of nitrogens with one attached hydrogen (secondary N) is 1. The fourth-order valence-corrected chi connectivity index (χ4v) is 2.19. The average molecular weight is 302 g/mol. The number of carbonyl (C=O) groups is 1. The molecule has 1 N–H and O–H groups in total. The van der Waals surface area contributed by atoms with Gasteiger partial charge < -0.3 is 5.32 Å². The number of nitrogens with zero attached hydrogens (tertiary/aromatic N) is 3. The van der Waals surface area contributed by atoms with Crippen molar-refractivity contribution >= 4 is 5.91 Å². The molecule has 0 spiro atoms. The number of benzene rings is 2. The Hall–Kier alpha value is -3.39. The van der Waals surface area contributed by atoms with Gasteiger partial charge in [0, 0.05) is 23.9 Å². The molecule has 23 heavy (non-hydrogen) atoms. The van der Waals surface area contributed by atoms with E-state index in [1.807, 2.05) is 42.6 Å². The van der Waals surface area contributed by atoms with Crippen molar-refractivity contribution in [1.29, 1.82) is 5.26 Å². The minimum Gasteiger partial charge on any atom is -0.348 e. The molecular formula is C18H14N4O. The van der Waals surface area contributed by atoms with E-state index < -0.39 is 0 Å².